The first-order valence-electron chi connectivity index (χ1n) is 9.07. The third-order valence-corrected chi connectivity index (χ3v) is 5.87. The van der Waals surface area contributed by atoms with E-state index in [4.69, 9.17) is 16.3 Å². The Bertz CT molecular complexity index is 971. The summed E-state index contributed by atoms with van der Waals surface area (Å²) >= 11 is 7.21. The van der Waals surface area contributed by atoms with Gasteiger partial charge in [0.05, 0.1) is 4.70 Å². The van der Waals surface area contributed by atoms with Gasteiger partial charge in [-0.05, 0) is 29.8 Å². The van der Waals surface area contributed by atoms with E-state index in [0.29, 0.717) is 48.2 Å². The summed E-state index contributed by atoms with van der Waals surface area (Å²) < 4.78 is 20.5. The monoisotopic (exact) mass is 419 g/mol. The van der Waals surface area contributed by atoms with Gasteiger partial charge in [-0.15, -0.1) is 0 Å². The average molecular weight is 420 g/mol. The summed E-state index contributed by atoms with van der Waals surface area (Å²) in [5, 5.41) is 4.08. The number of nitrogens with one attached hydrogen (secondary N) is 1. The molecule has 0 atom stereocenters. The summed E-state index contributed by atoms with van der Waals surface area (Å²) in [7, 11) is 0. The van der Waals surface area contributed by atoms with Crippen LogP contribution in [0.5, 0.6) is 5.19 Å². The number of carbonyl (C=O) groups is 1. The summed E-state index contributed by atoms with van der Waals surface area (Å²) in [6.45, 7) is 1.68. The number of amides is 2. The summed E-state index contributed by atoms with van der Waals surface area (Å²) in [6, 6.07) is 12.2. The van der Waals surface area contributed by atoms with Gasteiger partial charge in [-0.1, -0.05) is 41.1 Å². The van der Waals surface area contributed by atoms with Crippen molar-refractivity contribution in [3.8, 4) is 5.19 Å². The minimum Gasteiger partial charge on any atom is -0.467 e. The molecular formula is C20H19ClFN3O2S. The number of benzene rings is 2. The number of thiazole rings is 1. The van der Waals surface area contributed by atoms with Crippen LogP contribution in [0.1, 0.15) is 18.4 Å². The third-order valence-electron chi connectivity index (χ3n) is 4.70. The number of carbonyl (C=O) groups excluding carboxylic acids is 1. The van der Waals surface area contributed by atoms with Crippen molar-refractivity contribution < 1.29 is 13.9 Å². The van der Waals surface area contributed by atoms with E-state index in [9.17, 15) is 9.18 Å². The Morgan fingerprint density at radius 3 is 2.71 bits per heavy atom. The van der Waals surface area contributed by atoms with E-state index < -0.39 is 0 Å². The predicted molar refractivity (Wildman–Crippen MR) is 108 cm³/mol. The minimum atomic E-state index is -0.337. The molecule has 8 heteroatoms. The van der Waals surface area contributed by atoms with Crippen molar-refractivity contribution in [2.24, 2.45) is 0 Å². The Labute approximate surface area is 171 Å². The summed E-state index contributed by atoms with van der Waals surface area (Å²) in [4.78, 5) is 18.4. The largest absolute Gasteiger partial charge is 0.467 e. The number of urea groups is 1. The molecule has 0 spiro atoms. The molecule has 0 bridgehead atoms. The van der Waals surface area contributed by atoms with E-state index in [-0.39, 0.29) is 18.0 Å². The first-order valence-corrected chi connectivity index (χ1v) is 10.3. The smallest absolute Gasteiger partial charge is 0.317 e. The van der Waals surface area contributed by atoms with Crippen LogP contribution in [0.25, 0.3) is 10.2 Å². The molecule has 0 unspecified atom stereocenters. The van der Waals surface area contributed by atoms with Crippen molar-refractivity contribution in [3.05, 3.63) is 58.9 Å². The molecular weight excluding hydrogens is 401 g/mol. The van der Waals surface area contributed by atoms with Crippen LogP contribution in [0.4, 0.5) is 9.18 Å². The Kier molecular flexibility index (Phi) is 5.64. The van der Waals surface area contributed by atoms with Gasteiger partial charge < -0.3 is 15.0 Å². The second-order valence-electron chi connectivity index (χ2n) is 6.66. The molecule has 1 N–H and O–H groups in total. The zero-order valence-electron chi connectivity index (χ0n) is 15.0. The van der Waals surface area contributed by atoms with Crippen LogP contribution in [0.2, 0.25) is 5.02 Å². The lowest BCUT2D eigenvalue weighted by Crippen LogP contribution is -2.46. The Morgan fingerprint density at radius 2 is 2.00 bits per heavy atom. The molecule has 0 radical (unpaired) electrons. The number of piperidine rings is 1. The van der Waals surface area contributed by atoms with Gasteiger partial charge in [-0.2, -0.15) is 4.98 Å². The minimum absolute atomic E-state index is 0.0241. The third kappa shape index (κ3) is 4.36. The number of likely N-dealkylation sites (tertiary alicyclic amines) is 1. The molecule has 1 saturated heterocycles. The van der Waals surface area contributed by atoms with Gasteiger partial charge in [-0.3, -0.25) is 0 Å². The standard InChI is InChI=1S/C20H19ClFN3O2S/c21-14-6-4-13(5-7-14)12-23-19(26)25-10-8-15(9-11-25)27-20-24-18-16(22)2-1-3-17(18)28-20/h1-7,15H,8-12H2,(H,23,26). The molecule has 146 valence electrons. The summed E-state index contributed by atoms with van der Waals surface area (Å²) in [6.07, 6.45) is 1.41. The predicted octanol–water partition coefficient (Wildman–Crippen LogP) is 4.84. The molecule has 2 amide bonds. The quantitative estimate of drug-likeness (QED) is 0.658. The molecule has 1 aliphatic heterocycles. The van der Waals surface area contributed by atoms with Crippen molar-refractivity contribution in [1.82, 2.24) is 15.2 Å². The molecule has 2 heterocycles. The maximum absolute atomic E-state index is 13.8. The van der Waals surface area contributed by atoms with Crippen molar-refractivity contribution in [2.45, 2.75) is 25.5 Å². The van der Waals surface area contributed by atoms with Crippen LogP contribution in [0.15, 0.2) is 42.5 Å². The molecule has 0 saturated carbocycles. The van der Waals surface area contributed by atoms with Gasteiger partial charge in [-0.25, -0.2) is 9.18 Å². The highest BCUT2D eigenvalue weighted by atomic mass is 35.5. The zero-order valence-corrected chi connectivity index (χ0v) is 16.6. The zero-order chi connectivity index (χ0) is 19.5. The number of hydrogen-bond acceptors (Lipinski definition) is 4. The first-order chi connectivity index (χ1) is 13.6. The number of fused-ring (bicyclic) bond motifs is 1. The Balaban J connectivity index is 1.27. The fourth-order valence-electron chi connectivity index (χ4n) is 3.16. The fourth-order valence-corrected chi connectivity index (χ4v) is 4.18. The van der Waals surface area contributed by atoms with Gasteiger partial charge in [0.1, 0.15) is 17.4 Å². The lowest BCUT2D eigenvalue weighted by atomic mass is 10.1. The second kappa shape index (κ2) is 8.32. The Morgan fingerprint density at radius 1 is 1.25 bits per heavy atom. The molecule has 1 aromatic heterocycles. The van der Waals surface area contributed by atoms with Crippen molar-refractivity contribution in [3.63, 3.8) is 0 Å². The summed E-state index contributed by atoms with van der Waals surface area (Å²) in [5.41, 5.74) is 1.35. The number of aromatic nitrogens is 1. The van der Waals surface area contributed by atoms with Gasteiger partial charge in [0.15, 0.2) is 0 Å². The molecule has 2 aromatic carbocycles. The maximum Gasteiger partial charge on any atom is 0.317 e. The highest BCUT2D eigenvalue weighted by Crippen LogP contribution is 2.31. The lowest BCUT2D eigenvalue weighted by Gasteiger charge is -2.31. The van der Waals surface area contributed by atoms with E-state index in [1.54, 1.807) is 23.1 Å². The maximum atomic E-state index is 13.8. The first kappa shape index (κ1) is 19.0. The van der Waals surface area contributed by atoms with Crippen molar-refractivity contribution >= 4 is 39.2 Å². The highest BCUT2D eigenvalue weighted by Gasteiger charge is 2.24. The molecule has 28 heavy (non-hydrogen) atoms. The second-order valence-corrected chi connectivity index (χ2v) is 8.09. The number of rotatable bonds is 4. The van der Waals surface area contributed by atoms with E-state index in [1.165, 1.54) is 17.4 Å². The van der Waals surface area contributed by atoms with Crippen LogP contribution in [0, 0.1) is 5.82 Å². The highest BCUT2D eigenvalue weighted by molar-refractivity contribution is 7.20. The number of halogens is 2. The summed E-state index contributed by atoms with van der Waals surface area (Å²) in [5.74, 6) is -0.337. The normalized spacial score (nSPS) is 15.0. The topological polar surface area (TPSA) is 54.5 Å². The van der Waals surface area contributed by atoms with E-state index in [0.717, 1.165) is 10.3 Å². The van der Waals surface area contributed by atoms with Crippen LogP contribution in [0.3, 0.4) is 0 Å². The molecule has 5 nitrogen and oxygen atoms in total. The molecule has 0 aliphatic carbocycles. The van der Waals surface area contributed by atoms with Gasteiger partial charge >= 0.3 is 6.03 Å². The van der Waals surface area contributed by atoms with Gasteiger partial charge in [0.2, 0.25) is 0 Å². The average Bonchev–Trinajstić information content (AvgIpc) is 3.12. The molecule has 4 rings (SSSR count). The lowest BCUT2D eigenvalue weighted by molar-refractivity contribution is 0.111. The number of ether oxygens (including phenoxy) is 1. The number of para-hydroxylation sites is 1. The van der Waals surface area contributed by atoms with E-state index in [1.807, 2.05) is 18.2 Å². The molecule has 1 fully saturated rings. The van der Waals surface area contributed by atoms with Crippen LogP contribution in [-0.4, -0.2) is 35.1 Å². The van der Waals surface area contributed by atoms with Gasteiger partial charge in [0, 0.05) is 37.5 Å². The van der Waals surface area contributed by atoms with Gasteiger partial charge in [0.25, 0.3) is 5.19 Å². The molecule has 1 aliphatic rings. The van der Waals surface area contributed by atoms with E-state index >= 15 is 0 Å². The van der Waals surface area contributed by atoms with Crippen LogP contribution in [-0.2, 0) is 6.54 Å². The van der Waals surface area contributed by atoms with Crippen molar-refractivity contribution in [1.29, 1.82) is 0 Å². The Hall–Kier alpha value is -2.38. The number of nitrogens with zero attached hydrogens (tertiary/aromatic N) is 2. The molecule has 3 aromatic rings. The van der Waals surface area contributed by atoms with Crippen molar-refractivity contribution in [2.75, 3.05) is 13.1 Å². The fraction of sp³-hybridized carbons (Fsp3) is 0.300. The van der Waals surface area contributed by atoms with E-state index in [2.05, 4.69) is 10.3 Å². The SMILES string of the molecule is O=C(NCc1ccc(Cl)cc1)N1CCC(Oc2nc3c(F)cccc3s2)CC1. The van der Waals surface area contributed by atoms with Crippen LogP contribution >= 0.6 is 22.9 Å². The number of hydrogen-bond donors (Lipinski definition) is 1. The van der Waals surface area contributed by atoms with Crippen LogP contribution < -0.4 is 10.1 Å².